The van der Waals surface area contributed by atoms with Gasteiger partial charge in [0.15, 0.2) is 0 Å². The molecule has 2 N–H and O–H groups in total. The smallest absolute Gasteiger partial charge is 0.261 e. The number of pyridine rings is 1. The zero-order valence-electron chi connectivity index (χ0n) is 10.3. The van der Waals surface area contributed by atoms with E-state index in [1.807, 2.05) is 13.8 Å². The van der Waals surface area contributed by atoms with Gasteiger partial charge in [-0.25, -0.2) is 0 Å². The number of halogens is 1. The van der Waals surface area contributed by atoms with Gasteiger partial charge in [0.2, 0.25) is 0 Å². The van der Waals surface area contributed by atoms with E-state index in [9.17, 15) is 9.59 Å². The summed E-state index contributed by atoms with van der Waals surface area (Å²) in [7, 11) is 0. The van der Waals surface area contributed by atoms with Crippen LogP contribution in [-0.4, -0.2) is 16.9 Å². The normalized spacial score (nSPS) is 12.2. The molecule has 4 nitrogen and oxygen atoms in total. The quantitative estimate of drug-likeness (QED) is 0.868. The number of nitrogens with one attached hydrogen (secondary N) is 2. The van der Waals surface area contributed by atoms with Crippen molar-refractivity contribution in [3.8, 4) is 0 Å². The van der Waals surface area contributed by atoms with Gasteiger partial charge in [-0.1, -0.05) is 24.9 Å². The average Bonchev–Trinajstić information content (AvgIpc) is 2.23. The van der Waals surface area contributed by atoms with E-state index in [1.54, 1.807) is 6.92 Å². The first-order valence-corrected chi connectivity index (χ1v) is 6.03. The van der Waals surface area contributed by atoms with Crippen LogP contribution in [0.15, 0.2) is 10.9 Å². The number of hydrogen-bond donors (Lipinski definition) is 2. The Labute approximate surface area is 105 Å². The molecule has 0 aliphatic heterocycles. The molecule has 1 aromatic heterocycles. The molecule has 5 heteroatoms. The van der Waals surface area contributed by atoms with Crippen LogP contribution in [0.25, 0.3) is 0 Å². The van der Waals surface area contributed by atoms with Gasteiger partial charge in [-0.15, -0.1) is 0 Å². The van der Waals surface area contributed by atoms with Gasteiger partial charge in [0.25, 0.3) is 11.5 Å². The van der Waals surface area contributed by atoms with E-state index in [0.717, 1.165) is 12.8 Å². The number of aromatic nitrogens is 1. The van der Waals surface area contributed by atoms with Crippen molar-refractivity contribution in [3.05, 3.63) is 32.7 Å². The highest BCUT2D eigenvalue weighted by Crippen LogP contribution is 2.11. The molecule has 17 heavy (non-hydrogen) atoms. The van der Waals surface area contributed by atoms with Crippen LogP contribution >= 0.6 is 11.6 Å². The number of aromatic amines is 1. The first-order chi connectivity index (χ1) is 7.95. The molecule has 0 aromatic carbocycles. The summed E-state index contributed by atoms with van der Waals surface area (Å²) in [6, 6.07) is 1.45. The van der Waals surface area contributed by atoms with Crippen molar-refractivity contribution >= 4 is 17.5 Å². The Morgan fingerprint density at radius 1 is 1.59 bits per heavy atom. The van der Waals surface area contributed by atoms with Gasteiger partial charge in [-0.05, 0) is 26.3 Å². The maximum absolute atomic E-state index is 11.8. The molecule has 1 heterocycles. The van der Waals surface area contributed by atoms with Crippen molar-refractivity contribution in [3.63, 3.8) is 0 Å². The Kier molecular flexibility index (Phi) is 4.75. The molecular formula is C12H17ClN2O2. The Morgan fingerprint density at radius 2 is 2.24 bits per heavy atom. The van der Waals surface area contributed by atoms with Gasteiger partial charge in [-0.3, -0.25) is 9.59 Å². The molecule has 1 rings (SSSR count). The molecule has 0 unspecified atom stereocenters. The van der Waals surface area contributed by atoms with Crippen molar-refractivity contribution in [1.29, 1.82) is 0 Å². The summed E-state index contributed by atoms with van der Waals surface area (Å²) in [5.41, 5.74) is 0.214. The van der Waals surface area contributed by atoms with Crippen molar-refractivity contribution in [2.45, 2.75) is 39.7 Å². The fourth-order valence-electron chi connectivity index (χ4n) is 1.57. The second-order valence-corrected chi connectivity index (χ2v) is 4.56. The third kappa shape index (κ3) is 3.60. The van der Waals surface area contributed by atoms with Gasteiger partial charge in [0.1, 0.15) is 5.56 Å². The molecule has 0 saturated carbocycles. The van der Waals surface area contributed by atoms with Crippen LogP contribution in [0.2, 0.25) is 5.02 Å². The monoisotopic (exact) mass is 256 g/mol. The molecule has 0 spiro atoms. The zero-order valence-corrected chi connectivity index (χ0v) is 11.0. The largest absolute Gasteiger partial charge is 0.349 e. The summed E-state index contributed by atoms with van der Waals surface area (Å²) in [6.07, 6.45) is 1.86. The Bertz CT molecular complexity index is 468. The lowest BCUT2D eigenvalue weighted by Gasteiger charge is -2.12. The molecule has 1 atom stereocenters. The van der Waals surface area contributed by atoms with Crippen LogP contribution in [-0.2, 0) is 0 Å². The van der Waals surface area contributed by atoms with E-state index in [1.165, 1.54) is 6.07 Å². The first kappa shape index (κ1) is 13.8. The fourth-order valence-corrected chi connectivity index (χ4v) is 1.73. The van der Waals surface area contributed by atoms with E-state index >= 15 is 0 Å². The van der Waals surface area contributed by atoms with E-state index in [0.29, 0.717) is 10.7 Å². The van der Waals surface area contributed by atoms with E-state index < -0.39 is 5.56 Å². The number of carbonyl (C=O) groups is 1. The molecule has 1 aromatic rings. The van der Waals surface area contributed by atoms with Crippen LogP contribution in [0.3, 0.4) is 0 Å². The molecular weight excluding hydrogens is 240 g/mol. The molecule has 0 aliphatic rings. The van der Waals surface area contributed by atoms with Crippen LogP contribution in [0.1, 0.15) is 42.7 Å². The number of H-pyrrole nitrogens is 1. The first-order valence-electron chi connectivity index (χ1n) is 5.66. The SMILES string of the molecule is CCC[C@@H](C)NC(=O)c1cc(Cl)c(C)[nH]c1=O. The predicted molar refractivity (Wildman–Crippen MR) is 68.6 cm³/mol. The van der Waals surface area contributed by atoms with Crippen molar-refractivity contribution < 1.29 is 4.79 Å². The second-order valence-electron chi connectivity index (χ2n) is 4.15. The molecule has 0 fully saturated rings. The summed E-state index contributed by atoms with van der Waals surface area (Å²) in [4.78, 5) is 26.0. The van der Waals surface area contributed by atoms with Gasteiger partial charge in [0.05, 0.1) is 5.02 Å². The van der Waals surface area contributed by atoms with E-state index in [4.69, 9.17) is 11.6 Å². The Hall–Kier alpha value is -1.29. The summed E-state index contributed by atoms with van der Waals surface area (Å²) in [6.45, 7) is 5.63. The summed E-state index contributed by atoms with van der Waals surface area (Å²) >= 11 is 5.88. The number of carbonyl (C=O) groups excluding carboxylic acids is 1. The highest BCUT2D eigenvalue weighted by molar-refractivity contribution is 6.31. The third-order valence-corrected chi connectivity index (χ3v) is 2.91. The van der Waals surface area contributed by atoms with Crippen LogP contribution in [0, 0.1) is 6.92 Å². The zero-order chi connectivity index (χ0) is 13.0. The minimum Gasteiger partial charge on any atom is -0.349 e. The maximum Gasteiger partial charge on any atom is 0.261 e. The minimum absolute atomic E-state index is 0.0481. The standard InChI is InChI=1S/C12H17ClN2O2/c1-4-5-7(2)14-11(16)9-6-10(13)8(3)15-12(9)17/h6-7H,4-5H2,1-3H3,(H,14,16)(H,15,17)/t7-/m1/s1. The number of rotatable bonds is 4. The molecule has 0 aliphatic carbocycles. The maximum atomic E-state index is 11.8. The molecule has 1 amide bonds. The van der Waals surface area contributed by atoms with Gasteiger partial charge >= 0.3 is 0 Å². The molecule has 0 bridgehead atoms. The predicted octanol–water partition coefficient (Wildman–Crippen LogP) is 2.26. The molecule has 94 valence electrons. The number of aryl methyl sites for hydroxylation is 1. The molecule has 0 saturated heterocycles. The van der Waals surface area contributed by atoms with Gasteiger partial charge in [-0.2, -0.15) is 0 Å². The summed E-state index contributed by atoms with van der Waals surface area (Å²) < 4.78 is 0. The summed E-state index contributed by atoms with van der Waals surface area (Å²) in [5, 5.41) is 3.15. The Morgan fingerprint density at radius 3 is 2.82 bits per heavy atom. The van der Waals surface area contributed by atoms with Crippen molar-refractivity contribution in [2.24, 2.45) is 0 Å². The Balaban J connectivity index is 2.90. The number of hydrogen-bond acceptors (Lipinski definition) is 2. The second kappa shape index (κ2) is 5.87. The van der Waals surface area contributed by atoms with Crippen molar-refractivity contribution in [1.82, 2.24) is 10.3 Å². The number of amides is 1. The third-order valence-electron chi connectivity index (χ3n) is 2.52. The van der Waals surface area contributed by atoms with Crippen molar-refractivity contribution in [2.75, 3.05) is 0 Å². The highest BCUT2D eigenvalue weighted by Gasteiger charge is 2.14. The lowest BCUT2D eigenvalue weighted by Crippen LogP contribution is -2.35. The molecule has 0 radical (unpaired) electrons. The highest BCUT2D eigenvalue weighted by atomic mass is 35.5. The minimum atomic E-state index is -0.409. The van der Waals surface area contributed by atoms with E-state index in [2.05, 4.69) is 10.3 Å². The lowest BCUT2D eigenvalue weighted by atomic mass is 10.1. The average molecular weight is 257 g/mol. The topological polar surface area (TPSA) is 62.0 Å². The van der Waals surface area contributed by atoms with Crippen LogP contribution in [0.5, 0.6) is 0 Å². The lowest BCUT2D eigenvalue weighted by molar-refractivity contribution is 0.0937. The van der Waals surface area contributed by atoms with E-state index in [-0.39, 0.29) is 17.5 Å². The van der Waals surface area contributed by atoms with Crippen LogP contribution < -0.4 is 10.9 Å². The van der Waals surface area contributed by atoms with Gasteiger partial charge < -0.3 is 10.3 Å². The van der Waals surface area contributed by atoms with Gasteiger partial charge in [0, 0.05) is 11.7 Å². The fraction of sp³-hybridized carbons (Fsp3) is 0.500. The summed E-state index contributed by atoms with van der Waals surface area (Å²) in [5.74, 6) is -0.380. The van der Waals surface area contributed by atoms with Crippen LogP contribution in [0.4, 0.5) is 0 Å².